The molecule has 0 aliphatic rings. The van der Waals surface area contributed by atoms with Crippen molar-refractivity contribution in [2.45, 2.75) is 20.3 Å². The molecule has 0 heterocycles. The van der Waals surface area contributed by atoms with Gasteiger partial charge in [0.05, 0.1) is 0 Å². The molecule has 0 N–H and O–H groups in total. The highest BCUT2D eigenvalue weighted by Gasteiger charge is 2.34. The highest BCUT2D eigenvalue weighted by molar-refractivity contribution is 7.73. The zero-order valence-electron chi connectivity index (χ0n) is 11.1. The average Bonchev–Trinajstić information content (AvgIpc) is 2.28. The SMILES string of the molecule is COP(=O)(CCC=C(C)C)CP(=O)(OC)OC. The normalized spacial score (nSPS) is 15.4. The predicted molar refractivity (Wildman–Crippen MR) is 70.0 cm³/mol. The van der Waals surface area contributed by atoms with Gasteiger partial charge in [-0.3, -0.25) is 9.13 Å². The fourth-order valence-corrected chi connectivity index (χ4v) is 6.14. The van der Waals surface area contributed by atoms with Crippen LogP contribution in [0, 0.1) is 0 Å². The van der Waals surface area contributed by atoms with Gasteiger partial charge < -0.3 is 13.6 Å². The third-order valence-electron chi connectivity index (χ3n) is 2.30. The molecule has 0 aromatic carbocycles. The van der Waals surface area contributed by atoms with Crippen LogP contribution in [0.1, 0.15) is 20.3 Å². The van der Waals surface area contributed by atoms with E-state index in [-0.39, 0.29) is 5.90 Å². The van der Waals surface area contributed by atoms with Gasteiger partial charge >= 0.3 is 7.60 Å². The minimum atomic E-state index is -3.29. The van der Waals surface area contributed by atoms with E-state index in [1.54, 1.807) is 0 Å². The summed E-state index contributed by atoms with van der Waals surface area (Å²) in [5.41, 5.74) is 1.15. The molecule has 1 unspecified atom stereocenters. The first-order chi connectivity index (χ1) is 7.81. The molecule has 102 valence electrons. The van der Waals surface area contributed by atoms with Crippen molar-refractivity contribution < 1.29 is 22.7 Å². The zero-order chi connectivity index (χ0) is 13.5. The van der Waals surface area contributed by atoms with Gasteiger partial charge in [-0.05, 0) is 20.3 Å². The summed E-state index contributed by atoms with van der Waals surface area (Å²) in [5, 5.41) is 0. The Bertz CT molecular complexity index is 339. The highest BCUT2D eigenvalue weighted by atomic mass is 31.2. The Labute approximate surface area is 104 Å². The number of hydrogen-bond donors (Lipinski definition) is 0. The highest BCUT2D eigenvalue weighted by Crippen LogP contribution is 2.62. The van der Waals surface area contributed by atoms with Crippen LogP contribution in [0.25, 0.3) is 0 Å². The molecule has 7 heteroatoms. The maximum absolute atomic E-state index is 12.3. The Morgan fingerprint density at radius 1 is 1.06 bits per heavy atom. The van der Waals surface area contributed by atoms with Crippen molar-refractivity contribution >= 4 is 15.0 Å². The van der Waals surface area contributed by atoms with Gasteiger partial charge in [-0.25, -0.2) is 0 Å². The summed E-state index contributed by atoms with van der Waals surface area (Å²) in [6.07, 6.45) is 2.93. The summed E-state index contributed by atoms with van der Waals surface area (Å²) in [4.78, 5) is 0. The maximum atomic E-state index is 12.3. The van der Waals surface area contributed by atoms with Crippen molar-refractivity contribution in [3.05, 3.63) is 11.6 Å². The van der Waals surface area contributed by atoms with E-state index in [4.69, 9.17) is 13.6 Å². The fourth-order valence-electron chi connectivity index (χ4n) is 1.22. The van der Waals surface area contributed by atoms with Crippen molar-refractivity contribution in [3.63, 3.8) is 0 Å². The standard InChI is InChI=1S/C10H22O5P2/c1-10(2)7-6-8-16(11,13-3)9-17(12,14-4)15-5/h7H,6,8-9H2,1-5H3. The molecule has 17 heavy (non-hydrogen) atoms. The Kier molecular flexibility index (Phi) is 7.54. The molecule has 0 fully saturated rings. The van der Waals surface area contributed by atoms with Crippen LogP contribution in [-0.2, 0) is 22.7 Å². The van der Waals surface area contributed by atoms with Crippen molar-refractivity contribution in [2.24, 2.45) is 0 Å². The van der Waals surface area contributed by atoms with E-state index >= 15 is 0 Å². The Morgan fingerprint density at radius 3 is 1.94 bits per heavy atom. The maximum Gasteiger partial charge on any atom is 0.339 e. The third-order valence-corrected chi connectivity index (χ3v) is 8.13. The van der Waals surface area contributed by atoms with Crippen molar-refractivity contribution in [1.29, 1.82) is 0 Å². The van der Waals surface area contributed by atoms with E-state index in [0.29, 0.717) is 12.6 Å². The van der Waals surface area contributed by atoms with Crippen LogP contribution >= 0.6 is 15.0 Å². The summed E-state index contributed by atoms with van der Waals surface area (Å²) < 4.78 is 38.8. The molecule has 5 nitrogen and oxygen atoms in total. The topological polar surface area (TPSA) is 61.8 Å². The molecule has 0 bridgehead atoms. The van der Waals surface area contributed by atoms with Gasteiger partial charge in [0, 0.05) is 27.5 Å². The molecule has 0 spiro atoms. The van der Waals surface area contributed by atoms with Gasteiger partial charge in [0.2, 0.25) is 7.37 Å². The van der Waals surface area contributed by atoms with E-state index in [2.05, 4.69) is 0 Å². The van der Waals surface area contributed by atoms with E-state index < -0.39 is 15.0 Å². The number of allylic oxidation sites excluding steroid dienone is 2. The van der Waals surface area contributed by atoms with Gasteiger partial charge in [-0.2, -0.15) is 0 Å². The van der Waals surface area contributed by atoms with E-state index in [1.165, 1.54) is 21.3 Å². The lowest BCUT2D eigenvalue weighted by atomic mass is 10.3. The summed E-state index contributed by atoms with van der Waals surface area (Å²) in [6.45, 7) is 3.93. The van der Waals surface area contributed by atoms with Gasteiger partial charge in [-0.1, -0.05) is 11.6 Å². The molecule has 0 saturated carbocycles. The lowest BCUT2D eigenvalue weighted by Gasteiger charge is -2.20. The smallest absolute Gasteiger partial charge is 0.331 e. The van der Waals surface area contributed by atoms with Crippen LogP contribution in [0.4, 0.5) is 0 Å². The molecule has 0 saturated heterocycles. The number of rotatable bonds is 8. The first-order valence-electron chi connectivity index (χ1n) is 5.28. The molecular formula is C10H22O5P2. The lowest BCUT2D eigenvalue weighted by molar-refractivity contribution is 0.278. The fraction of sp³-hybridized carbons (Fsp3) is 0.800. The van der Waals surface area contributed by atoms with E-state index in [9.17, 15) is 9.13 Å². The van der Waals surface area contributed by atoms with Crippen LogP contribution in [0.2, 0.25) is 0 Å². The second-order valence-corrected chi connectivity index (χ2v) is 9.43. The van der Waals surface area contributed by atoms with Crippen LogP contribution in [0.15, 0.2) is 11.6 Å². The predicted octanol–water partition coefficient (Wildman–Crippen LogP) is 3.71. The Hall–Kier alpha value is 0.0800. The van der Waals surface area contributed by atoms with E-state index in [0.717, 1.165) is 5.57 Å². The van der Waals surface area contributed by atoms with E-state index in [1.807, 2.05) is 19.9 Å². The molecule has 1 atom stereocenters. The minimum Gasteiger partial charge on any atom is -0.331 e. The quantitative estimate of drug-likeness (QED) is 0.502. The summed E-state index contributed by atoms with van der Waals surface area (Å²) in [5.74, 6) is -0.180. The average molecular weight is 284 g/mol. The van der Waals surface area contributed by atoms with Gasteiger partial charge in [0.1, 0.15) is 5.90 Å². The van der Waals surface area contributed by atoms with Crippen LogP contribution in [0.3, 0.4) is 0 Å². The second kappa shape index (κ2) is 7.50. The monoisotopic (exact) mass is 284 g/mol. The molecule has 0 aromatic rings. The third kappa shape index (κ3) is 6.54. The summed E-state index contributed by atoms with van der Waals surface area (Å²) >= 11 is 0. The molecular weight excluding hydrogens is 262 g/mol. The molecule has 0 rings (SSSR count). The minimum absolute atomic E-state index is 0.180. The zero-order valence-corrected chi connectivity index (χ0v) is 12.9. The summed E-state index contributed by atoms with van der Waals surface area (Å²) in [6, 6.07) is 0. The molecule has 0 aliphatic carbocycles. The van der Waals surface area contributed by atoms with Crippen molar-refractivity contribution in [3.8, 4) is 0 Å². The van der Waals surface area contributed by atoms with Crippen LogP contribution in [0.5, 0.6) is 0 Å². The molecule has 0 aromatic heterocycles. The summed E-state index contributed by atoms with van der Waals surface area (Å²) in [7, 11) is -2.34. The lowest BCUT2D eigenvalue weighted by Crippen LogP contribution is -2.01. The molecule has 0 aliphatic heterocycles. The molecule has 0 radical (unpaired) electrons. The first-order valence-corrected chi connectivity index (χ1v) is 9.01. The van der Waals surface area contributed by atoms with Crippen molar-refractivity contribution in [2.75, 3.05) is 33.4 Å². The molecule has 0 amide bonds. The largest absolute Gasteiger partial charge is 0.339 e. The first kappa shape index (κ1) is 17.1. The van der Waals surface area contributed by atoms with Gasteiger partial charge in [-0.15, -0.1) is 0 Å². The van der Waals surface area contributed by atoms with Crippen molar-refractivity contribution in [1.82, 2.24) is 0 Å². The van der Waals surface area contributed by atoms with Gasteiger partial charge in [0.15, 0.2) is 0 Å². The van der Waals surface area contributed by atoms with Gasteiger partial charge in [0.25, 0.3) is 0 Å². The Balaban J connectivity index is 4.63. The second-order valence-electron chi connectivity index (χ2n) is 3.91. The van der Waals surface area contributed by atoms with Crippen LogP contribution < -0.4 is 0 Å². The van der Waals surface area contributed by atoms with Crippen LogP contribution in [-0.4, -0.2) is 33.4 Å². The number of hydrogen-bond acceptors (Lipinski definition) is 5. The Morgan fingerprint density at radius 2 is 1.59 bits per heavy atom.